The Morgan fingerprint density at radius 3 is 2.39 bits per heavy atom. The zero-order chi connectivity index (χ0) is 26.9. The van der Waals surface area contributed by atoms with Crippen molar-refractivity contribution in [2.75, 3.05) is 0 Å². The van der Waals surface area contributed by atoms with Gasteiger partial charge in [0.05, 0.1) is 12.4 Å². The third kappa shape index (κ3) is 5.42. The molecule has 5 rings (SSSR count). The second-order valence-electron chi connectivity index (χ2n) is 11.2. The quantitative estimate of drug-likeness (QED) is 0.509. The first-order valence-electron chi connectivity index (χ1n) is 13.1. The van der Waals surface area contributed by atoms with Crippen molar-refractivity contribution in [1.29, 1.82) is 5.26 Å². The van der Waals surface area contributed by atoms with Crippen molar-refractivity contribution in [2.45, 2.75) is 70.2 Å². The number of piperidine rings is 1. The fourth-order valence-electron chi connectivity index (χ4n) is 5.60. The first kappa shape index (κ1) is 25.5. The summed E-state index contributed by atoms with van der Waals surface area (Å²) in [5.41, 5.74) is 3.51. The van der Waals surface area contributed by atoms with E-state index >= 15 is 0 Å². The molecule has 4 atom stereocenters. The molecule has 1 aromatic heterocycles. The number of likely N-dealkylation sites (tertiary alicyclic amines) is 1. The summed E-state index contributed by atoms with van der Waals surface area (Å²) in [5, 5.41) is 12.7. The van der Waals surface area contributed by atoms with Crippen molar-refractivity contribution in [3.63, 3.8) is 0 Å². The van der Waals surface area contributed by atoms with Crippen LogP contribution < -0.4 is 5.32 Å². The number of nitriles is 1. The summed E-state index contributed by atoms with van der Waals surface area (Å²) < 4.78 is 7.54. The molecule has 1 aliphatic carbocycles. The van der Waals surface area contributed by atoms with E-state index in [4.69, 9.17) is 4.74 Å². The van der Waals surface area contributed by atoms with Gasteiger partial charge in [-0.2, -0.15) is 5.26 Å². The average Bonchev–Trinajstić information content (AvgIpc) is 3.66. The predicted octanol–water partition coefficient (Wildman–Crippen LogP) is 4.88. The molecule has 8 nitrogen and oxygen atoms in total. The molecule has 2 amide bonds. The van der Waals surface area contributed by atoms with Gasteiger partial charge >= 0.3 is 6.09 Å². The highest BCUT2D eigenvalue weighted by Crippen LogP contribution is 2.43. The number of ether oxygens (including phenoxy) is 1. The average molecular weight is 512 g/mol. The summed E-state index contributed by atoms with van der Waals surface area (Å²) in [4.78, 5) is 31.9. The maximum Gasteiger partial charge on any atom is 0.411 e. The van der Waals surface area contributed by atoms with E-state index < -0.39 is 23.8 Å². The number of hydrogen-bond donors (Lipinski definition) is 1. The molecule has 3 aromatic rings. The Kier molecular flexibility index (Phi) is 6.94. The van der Waals surface area contributed by atoms with Gasteiger partial charge in [0.1, 0.15) is 17.7 Å². The molecular weight excluding hydrogens is 478 g/mol. The van der Waals surface area contributed by atoms with E-state index in [9.17, 15) is 14.9 Å². The van der Waals surface area contributed by atoms with Crippen LogP contribution in [0.2, 0.25) is 0 Å². The number of carbonyl (C=O) groups excluding carboxylic acids is 2. The van der Waals surface area contributed by atoms with Crippen molar-refractivity contribution in [1.82, 2.24) is 19.8 Å². The van der Waals surface area contributed by atoms with Crippen LogP contribution in [0.4, 0.5) is 4.79 Å². The van der Waals surface area contributed by atoms with Gasteiger partial charge in [-0.1, -0.05) is 36.4 Å². The van der Waals surface area contributed by atoms with Gasteiger partial charge in [0.25, 0.3) is 0 Å². The van der Waals surface area contributed by atoms with Gasteiger partial charge in [0.15, 0.2) is 0 Å². The molecule has 1 aliphatic heterocycles. The number of fused-ring (bicyclic) bond motifs is 2. The standard InChI is InChI=1S/C30H33N5O3/c1-30(2,3)38-29(37)35-26-13-10-23(17-26)27(35)28(36)33-24(18-31)16-20-4-6-21(7-5-20)22-8-11-25(12-9-22)34-15-14-32-19-34/h4-9,11-12,14-15,19,23-24,26-27H,10,13,16-17H2,1-3H3,(H,33,36). The molecule has 2 fully saturated rings. The van der Waals surface area contributed by atoms with Gasteiger partial charge in [-0.15, -0.1) is 0 Å². The molecule has 8 heteroatoms. The van der Waals surface area contributed by atoms with E-state index in [1.54, 1.807) is 17.4 Å². The smallest absolute Gasteiger partial charge is 0.411 e. The molecule has 1 saturated heterocycles. The number of rotatable bonds is 6. The fraction of sp³-hybridized carbons (Fsp3) is 0.400. The normalized spacial score (nSPS) is 21.1. The molecule has 2 heterocycles. The first-order valence-corrected chi connectivity index (χ1v) is 13.1. The van der Waals surface area contributed by atoms with Gasteiger partial charge in [-0.05, 0) is 74.8 Å². The maximum atomic E-state index is 13.3. The highest BCUT2D eigenvalue weighted by Gasteiger charge is 2.52. The number of nitrogens with one attached hydrogen (secondary N) is 1. The minimum Gasteiger partial charge on any atom is -0.444 e. The minimum atomic E-state index is -0.692. The molecule has 2 aliphatic rings. The summed E-state index contributed by atoms with van der Waals surface area (Å²) in [6, 6.07) is 17.2. The molecule has 38 heavy (non-hydrogen) atoms. The Morgan fingerprint density at radius 2 is 1.79 bits per heavy atom. The van der Waals surface area contributed by atoms with Crippen molar-refractivity contribution >= 4 is 12.0 Å². The van der Waals surface area contributed by atoms with E-state index in [2.05, 4.69) is 28.5 Å². The molecular formula is C30H33N5O3. The van der Waals surface area contributed by atoms with Gasteiger partial charge in [-0.3, -0.25) is 9.69 Å². The van der Waals surface area contributed by atoms with Crippen molar-refractivity contribution in [3.8, 4) is 22.9 Å². The van der Waals surface area contributed by atoms with Gasteiger partial charge in [0.2, 0.25) is 5.91 Å². The van der Waals surface area contributed by atoms with Crippen molar-refractivity contribution in [2.24, 2.45) is 5.92 Å². The van der Waals surface area contributed by atoms with Gasteiger partial charge < -0.3 is 14.6 Å². The Bertz CT molecular complexity index is 1320. The van der Waals surface area contributed by atoms with Crippen LogP contribution in [0, 0.1) is 17.2 Å². The topological polar surface area (TPSA) is 100 Å². The van der Waals surface area contributed by atoms with Crippen LogP contribution in [0.5, 0.6) is 0 Å². The number of nitrogens with zero attached hydrogens (tertiary/aromatic N) is 4. The molecule has 2 bridgehead atoms. The van der Waals surface area contributed by atoms with Crippen LogP contribution in [0.15, 0.2) is 67.3 Å². The predicted molar refractivity (Wildman–Crippen MR) is 143 cm³/mol. The lowest BCUT2D eigenvalue weighted by atomic mass is 9.97. The van der Waals surface area contributed by atoms with E-state index in [0.717, 1.165) is 41.6 Å². The van der Waals surface area contributed by atoms with Crippen LogP contribution in [0.1, 0.15) is 45.6 Å². The van der Waals surface area contributed by atoms with E-state index in [1.165, 1.54) is 0 Å². The largest absolute Gasteiger partial charge is 0.444 e. The fourth-order valence-corrected chi connectivity index (χ4v) is 5.60. The highest BCUT2D eigenvalue weighted by molar-refractivity contribution is 5.87. The maximum absolute atomic E-state index is 13.3. The second-order valence-corrected chi connectivity index (χ2v) is 11.2. The molecule has 4 unspecified atom stereocenters. The lowest BCUT2D eigenvalue weighted by Crippen LogP contribution is -2.55. The molecule has 0 spiro atoms. The van der Waals surface area contributed by atoms with Crippen LogP contribution in [-0.2, 0) is 16.0 Å². The SMILES string of the molecule is CC(C)(C)OC(=O)N1C2CCC(C2)C1C(=O)NC(C#N)Cc1ccc(-c2ccc(-n3ccnc3)cc2)cc1. The monoisotopic (exact) mass is 511 g/mol. The lowest BCUT2D eigenvalue weighted by molar-refractivity contribution is -0.128. The third-order valence-corrected chi connectivity index (χ3v) is 7.33. The third-order valence-electron chi connectivity index (χ3n) is 7.33. The zero-order valence-electron chi connectivity index (χ0n) is 22.0. The summed E-state index contributed by atoms with van der Waals surface area (Å²) in [6.45, 7) is 5.46. The molecule has 0 radical (unpaired) electrons. The van der Waals surface area contributed by atoms with Crippen LogP contribution in [0.25, 0.3) is 16.8 Å². The van der Waals surface area contributed by atoms with Crippen molar-refractivity contribution < 1.29 is 14.3 Å². The Labute approximate surface area is 223 Å². The van der Waals surface area contributed by atoms with Crippen LogP contribution in [0.3, 0.4) is 0 Å². The number of amides is 2. The Morgan fingerprint density at radius 1 is 1.11 bits per heavy atom. The molecule has 1 N–H and O–H groups in total. The number of aromatic nitrogens is 2. The molecule has 2 aromatic carbocycles. The van der Waals surface area contributed by atoms with E-state index in [0.29, 0.717) is 6.42 Å². The molecule has 196 valence electrons. The summed E-state index contributed by atoms with van der Waals surface area (Å²) >= 11 is 0. The van der Waals surface area contributed by atoms with Gasteiger partial charge in [-0.25, -0.2) is 9.78 Å². The summed E-state index contributed by atoms with van der Waals surface area (Å²) in [7, 11) is 0. The Balaban J connectivity index is 1.22. The lowest BCUT2D eigenvalue weighted by Gasteiger charge is -2.35. The Hall–Kier alpha value is -4.12. The number of benzene rings is 2. The number of hydrogen-bond acceptors (Lipinski definition) is 5. The molecule has 1 saturated carbocycles. The highest BCUT2D eigenvalue weighted by atomic mass is 16.6. The van der Waals surface area contributed by atoms with Crippen molar-refractivity contribution in [3.05, 3.63) is 72.8 Å². The van der Waals surface area contributed by atoms with Crippen LogP contribution in [-0.4, -0.2) is 50.2 Å². The minimum absolute atomic E-state index is 0.0210. The van der Waals surface area contributed by atoms with Gasteiger partial charge in [0, 0.05) is 30.5 Å². The van der Waals surface area contributed by atoms with E-state index in [1.807, 2.05) is 67.9 Å². The number of imidazole rings is 1. The summed E-state index contributed by atoms with van der Waals surface area (Å²) in [6.07, 6.45) is 7.94. The summed E-state index contributed by atoms with van der Waals surface area (Å²) in [5.74, 6) is -0.171. The zero-order valence-corrected chi connectivity index (χ0v) is 22.0. The number of carbonyl (C=O) groups is 2. The second kappa shape index (κ2) is 10.3. The van der Waals surface area contributed by atoms with E-state index in [-0.39, 0.29) is 17.9 Å². The van der Waals surface area contributed by atoms with Crippen LogP contribution >= 0.6 is 0 Å². The first-order chi connectivity index (χ1) is 18.2.